The minimum Gasteiger partial charge on any atom is -0.368 e. The van der Waals surface area contributed by atoms with Crippen LogP contribution in [0.3, 0.4) is 0 Å². The van der Waals surface area contributed by atoms with E-state index in [1.807, 2.05) is 31.2 Å². The Morgan fingerprint density at radius 1 is 1.00 bits per heavy atom. The van der Waals surface area contributed by atoms with Gasteiger partial charge in [0.1, 0.15) is 0 Å². The molecular weight excluding hydrogens is 429 g/mol. The summed E-state index contributed by atoms with van der Waals surface area (Å²) in [4.78, 5) is 16.6. The molecular formula is C22H20ClF3N4O. The number of hydrogen-bond donors (Lipinski definition) is 0. The van der Waals surface area contributed by atoms with Crippen LogP contribution in [-0.2, 0) is 6.18 Å². The lowest BCUT2D eigenvalue weighted by Crippen LogP contribution is -2.49. The molecule has 0 spiro atoms. The molecule has 9 heteroatoms. The normalized spacial score (nSPS) is 14.7. The highest BCUT2D eigenvalue weighted by molar-refractivity contribution is 6.30. The largest absolute Gasteiger partial charge is 0.434 e. The number of carbonyl (C=O) groups excluding carboxylic acids is 1. The zero-order chi connectivity index (χ0) is 22.2. The topological polar surface area (TPSA) is 41.4 Å². The summed E-state index contributed by atoms with van der Waals surface area (Å²) < 4.78 is 42.4. The molecule has 0 N–H and O–H groups in total. The third-order valence-corrected chi connectivity index (χ3v) is 5.49. The van der Waals surface area contributed by atoms with Crippen molar-refractivity contribution in [2.45, 2.75) is 13.1 Å². The van der Waals surface area contributed by atoms with E-state index in [-0.39, 0.29) is 10.7 Å². The SMILES string of the molecule is Cc1cccc(N2CCN(C(=O)c3cnn(-c4cccc(Cl)c4)c3C(F)(F)F)CC2)c1. The van der Waals surface area contributed by atoms with Gasteiger partial charge in [-0.2, -0.15) is 18.3 Å². The van der Waals surface area contributed by atoms with Gasteiger partial charge in [-0.1, -0.05) is 29.8 Å². The first kappa shape index (κ1) is 21.2. The Morgan fingerprint density at radius 2 is 1.68 bits per heavy atom. The van der Waals surface area contributed by atoms with Crippen LogP contribution in [0.1, 0.15) is 21.6 Å². The third kappa shape index (κ3) is 4.39. The fourth-order valence-corrected chi connectivity index (χ4v) is 3.93. The number of nitrogens with zero attached hydrogens (tertiary/aromatic N) is 4. The van der Waals surface area contributed by atoms with Crippen molar-refractivity contribution in [3.63, 3.8) is 0 Å². The average Bonchev–Trinajstić information content (AvgIpc) is 3.19. The van der Waals surface area contributed by atoms with Crippen LogP contribution >= 0.6 is 11.6 Å². The summed E-state index contributed by atoms with van der Waals surface area (Å²) >= 11 is 5.92. The summed E-state index contributed by atoms with van der Waals surface area (Å²) in [5, 5.41) is 4.14. The lowest BCUT2D eigenvalue weighted by atomic mass is 10.1. The summed E-state index contributed by atoms with van der Waals surface area (Å²) in [5.74, 6) is -0.676. The smallest absolute Gasteiger partial charge is 0.368 e. The van der Waals surface area contributed by atoms with E-state index in [0.717, 1.165) is 22.1 Å². The molecule has 0 unspecified atom stereocenters. The molecule has 1 saturated heterocycles. The second-order valence-corrected chi connectivity index (χ2v) is 7.85. The molecule has 1 aromatic heterocycles. The highest BCUT2D eigenvalue weighted by Gasteiger charge is 2.41. The highest BCUT2D eigenvalue weighted by Crippen LogP contribution is 2.34. The summed E-state index contributed by atoms with van der Waals surface area (Å²) in [6, 6.07) is 13.9. The number of anilines is 1. The van der Waals surface area contributed by atoms with Gasteiger partial charge in [0.15, 0.2) is 5.69 Å². The van der Waals surface area contributed by atoms with Gasteiger partial charge in [0.05, 0.1) is 17.4 Å². The molecule has 2 aromatic carbocycles. The monoisotopic (exact) mass is 448 g/mol. The van der Waals surface area contributed by atoms with E-state index in [4.69, 9.17) is 11.6 Å². The van der Waals surface area contributed by atoms with E-state index < -0.39 is 23.3 Å². The van der Waals surface area contributed by atoms with Crippen LogP contribution in [0, 0.1) is 6.92 Å². The zero-order valence-electron chi connectivity index (χ0n) is 16.7. The van der Waals surface area contributed by atoms with Gasteiger partial charge in [0, 0.05) is 36.9 Å². The number of rotatable bonds is 3. The Hall–Kier alpha value is -3.00. The number of carbonyl (C=O) groups is 1. The van der Waals surface area contributed by atoms with Gasteiger partial charge in [-0.25, -0.2) is 4.68 Å². The van der Waals surface area contributed by atoms with Crippen LogP contribution in [0.5, 0.6) is 0 Å². The first-order valence-corrected chi connectivity index (χ1v) is 10.1. The van der Waals surface area contributed by atoms with Gasteiger partial charge in [-0.05, 0) is 42.8 Å². The predicted molar refractivity (Wildman–Crippen MR) is 113 cm³/mol. The first-order valence-electron chi connectivity index (χ1n) is 9.76. The van der Waals surface area contributed by atoms with Crippen molar-refractivity contribution in [1.82, 2.24) is 14.7 Å². The second kappa shape index (κ2) is 8.26. The van der Waals surface area contributed by atoms with Crippen LogP contribution in [0.25, 0.3) is 5.69 Å². The molecule has 1 fully saturated rings. The lowest BCUT2D eigenvalue weighted by Gasteiger charge is -2.36. The van der Waals surface area contributed by atoms with Crippen molar-refractivity contribution < 1.29 is 18.0 Å². The quantitative estimate of drug-likeness (QED) is 0.577. The molecule has 1 aliphatic rings. The highest BCUT2D eigenvalue weighted by atomic mass is 35.5. The molecule has 162 valence electrons. The van der Waals surface area contributed by atoms with Crippen molar-refractivity contribution in [2.24, 2.45) is 0 Å². The van der Waals surface area contributed by atoms with Crippen LogP contribution in [-0.4, -0.2) is 46.8 Å². The molecule has 4 rings (SSSR count). The molecule has 2 heterocycles. The number of alkyl halides is 3. The minimum absolute atomic E-state index is 0.142. The number of piperazine rings is 1. The van der Waals surface area contributed by atoms with Crippen molar-refractivity contribution in [3.8, 4) is 5.69 Å². The van der Waals surface area contributed by atoms with Crippen LogP contribution < -0.4 is 4.90 Å². The van der Waals surface area contributed by atoms with E-state index in [1.54, 1.807) is 6.07 Å². The van der Waals surface area contributed by atoms with Gasteiger partial charge in [-0.3, -0.25) is 4.79 Å². The molecule has 3 aromatic rings. The fraction of sp³-hybridized carbons (Fsp3) is 0.273. The van der Waals surface area contributed by atoms with Gasteiger partial charge in [0.25, 0.3) is 5.91 Å². The Bertz CT molecular complexity index is 1100. The summed E-state index contributed by atoms with van der Waals surface area (Å²) in [6.45, 7) is 3.73. The maximum atomic E-state index is 13.9. The van der Waals surface area contributed by atoms with Crippen molar-refractivity contribution in [2.75, 3.05) is 31.1 Å². The Kier molecular flexibility index (Phi) is 5.66. The number of amides is 1. The fourth-order valence-electron chi connectivity index (χ4n) is 3.74. The molecule has 0 bridgehead atoms. The summed E-state index contributed by atoms with van der Waals surface area (Å²) in [7, 11) is 0. The van der Waals surface area contributed by atoms with Crippen LogP contribution in [0.4, 0.5) is 18.9 Å². The number of aryl methyl sites for hydroxylation is 1. The molecule has 0 atom stereocenters. The standard InChI is InChI=1S/C22H20ClF3N4O/c1-15-4-2-6-17(12-15)28-8-10-29(11-9-28)21(31)19-14-27-30(20(19)22(24,25)26)18-7-3-5-16(23)13-18/h2-7,12-14H,8-11H2,1H3. The third-order valence-electron chi connectivity index (χ3n) is 5.25. The van der Waals surface area contributed by atoms with E-state index >= 15 is 0 Å². The number of hydrogen-bond acceptors (Lipinski definition) is 3. The van der Waals surface area contributed by atoms with E-state index in [1.165, 1.54) is 23.1 Å². The number of aromatic nitrogens is 2. The van der Waals surface area contributed by atoms with Crippen molar-refractivity contribution in [1.29, 1.82) is 0 Å². The molecule has 0 saturated carbocycles. The zero-order valence-corrected chi connectivity index (χ0v) is 17.5. The Balaban J connectivity index is 1.58. The number of halogens is 4. The van der Waals surface area contributed by atoms with Crippen molar-refractivity contribution >= 4 is 23.2 Å². The summed E-state index contributed by atoms with van der Waals surface area (Å²) in [5.41, 5.74) is 0.747. The molecule has 0 aliphatic carbocycles. The van der Waals surface area contributed by atoms with Gasteiger partial charge in [-0.15, -0.1) is 0 Å². The van der Waals surface area contributed by atoms with Crippen molar-refractivity contribution in [3.05, 3.63) is 76.6 Å². The number of benzene rings is 2. The van der Waals surface area contributed by atoms with Gasteiger partial charge in [0.2, 0.25) is 0 Å². The molecule has 31 heavy (non-hydrogen) atoms. The predicted octanol–water partition coefficient (Wildman–Crippen LogP) is 4.82. The molecule has 0 radical (unpaired) electrons. The summed E-state index contributed by atoms with van der Waals surface area (Å²) in [6.07, 6.45) is -3.77. The second-order valence-electron chi connectivity index (χ2n) is 7.41. The molecule has 1 aliphatic heterocycles. The lowest BCUT2D eigenvalue weighted by molar-refractivity contribution is -0.143. The molecule has 1 amide bonds. The van der Waals surface area contributed by atoms with Crippen LogP contribution in [0.15, 0.2) is 54.7 Å². The van der Waals surface area contributed by atoms with Crippen LogP contribution in [0.2, 0.25) is 5.02 Å². The Morgan fingerprint density at radius 3 is 2.32 bits per heavy atom. The first-order chi connectivity index (χ1) is 14.7. The van der Waals surface area contributed by atoms with E-state index in [0.29, 0.717) is 26.2 Å². The van der Waals surface area contributed by atoms with E-state index in [2.05, 4.69) is 10.00 Å². The maximum absolute atomic E-state index is 13.9. The average molecular weight is 449 g/mol. The minimum atomic E-state index is -4.76. The Labute approximate surface area is 182 Å². The molecule has 5 nitrogen and oxygen atoms in total. The maximum Gasteiger partial charge on any atom is 0.434 e. The van der Waals surface area contributed by atoms with E-state index in [9.17, 15) is 18.0 Å². The van der Waals surface area contributed by atoms with Gasteiger partial charge >= 0.3 is 6.18 Å². The van der Waals surface area contributed by atoms with Gasteiger partial charge < -0.3 is 9.80 Å².